The molecule has 1 N–H and O–H groups in total. The third kappa shape index (κ3) is 3.08. The van der Waals surface area contributed by atoms with Crippen LogP contribution in [0, 0.1) is 0 Å². The maximum Gasteiger partial charge on any atom is 0.243 e. The van der Waals surface area contributed by atoms with Crippen LogP contribution in [0.5, 0.6) is 0 Å². The molecule has 0 bridgehead atoms. The number of anilines is 2. The van der Waals surface area contributed by atoms with E-state index < -0.39 is 0 Å². The van der Waals surface area contributed by atoms with E-state index >= 15 is 0 Å². The summed E-state index contributed by atoms with van der Waals surface area (Å²) < 4.78 is 0. The van der Waals surface area contributed by atoms with Crippen LogP contribution >= 0.6 is 0 Å². The zero-order valence-corrected chi connectivity index (χ0v) is 16.4. The largest absolute Gasteiger partial charge is 0.362 e. The van der Waals surface area contributed by atoms with E-state index in [-0.39, 0.29) is 24.0 Å². The summed E-state index contributed by atoms with van der Waals surface area (Å²) >= 11 is 0. The third-order valence-corrected chi connectivity index (χ3v) is 5.75. The Balaban J connectivity index is 1.36. The number of amides is 1. The van der Waals surface area contributed by atoms with Crippen LogP contribution in [0.15, 0.2) is 66.7 Å². The lowest BCUT2D eigenvalue weighted by Gasteiger charge is -2.30. The number of fused-ring (bicyclic) bond motifs is 3. The number of hydrogen-bond donors (Lipinski definition) is 1. The number of nitrogens with zero attached hydrogens (tertiary/aromatic N) is 1. The number of para-hydroxylation sites is 1. The fourth-order valence-corrected chi connectivity index (χ4v) is 4.33. The quantitative estimate of drug-likeness (QED) is 0.571. The number of ketones is 2. The molecule has 1 aliphatic heterocycles. The molecule has 0 spiro atoms. The maximum absolute atomic E-state index is 12.9. The van der Waals surface area contributed by atoms with Gasteiger partial charge in [-0.1, -0.05) is 42.5 Å². The number of aryl methyl sites for hydroxylation is 1. The second kappa shape index (κ2) is 7.26. The molecule has 0 fully saturated rings. The molecule has 0 radical (unpaired) electrons. The first-order chi connectivity index (χ1) is 14.6. The Kier molecular flexibility index (Phi) is 4.43. The summed E-state index contributed by atoms with van der Waals surface area (Å²) in [4.78, 5) is 40.4. The lowest BCUT2D eigenvalue weighted by molar-refractivity contribution is -0.115. The van der Waals surface area contributed by atoms with E-state index in [9.17, 15) is 14.4 Å². The Morgan fingerprint density at radius 3 is 2.30 bits per heavy atom. The van der Waals surface area contributed by atoms with Gasteiger partial charge in [0.15, 0.2) is 11.6 Å². The van der Waals surface area contributed by atoms with Gasteiger partial charge in [0.05, 0.1) is 6.54 Å². The summed E-state index contributed by atoms with van der Waals surface area (Å²) in [6.45, 7) is 1.07. The Morgan fingerprint density at radius 2 is 1.50 bits per heavy atom. The van der Waals surface area contributed by atoms with Crippen LogP contribution in [0.3, 0.4) is 0 Å². The average Bonchev–Trinajstić information content (AvgIpc) is 2.78. The van der Waals surface area contributed by atoms with Crippen molar-refractivity contribution in [1.82, 2.24) is 0 Å². The van der Waals surface area contributed by atoms with Crippen molar-refractivity contribution in [1.29, 1.82) is 0 Å². The van der Waals surface area contributed by atoms with E-state index in [0.29, 0.717) is 27.9 Å². The van der Waals surface area contributed by atoms with Crippen LogP contribution in [0.4, 0.5) is 11.4 Å². The highest BCUT2D eigenvalue weighted by atomic mass is 16.2. The first-order valence-corrected chi connectivity index (χ1v) is 10.1. The van der Waals surface area contributed by atoms with Crippen molar-refractivity contribution in [3.8, 4) is 0 Å². The molecule has 0 atom stereocenters. The Hall–Kier alpha value is -3.73. The van der Waals surface area contributed by atoms with Gasteiger partial charge in [0.25, 0.3) is 0 Å². The Morgan fingerprint density at radius 1 is 0.833 bits per heavy atom. The minimum absolute atomic E-state index is 0.151. The molecule has 0 unspecified atom stereocenters. The summed E-state index contributed by atoms with van der Waals surface area (Å²) in [5.41, 5.74) is 4.42. The Labute approximate surface area is 174 Å². The van der Waals surface area contributed by atoms with E-state index in [4.69, 9.17) is 0 Å². The minimum atomic E-state index is -0.193. The number of hydrogen-bond acceptors (Lipinski definition) is 4. The highest BCUT2D eigenvalue weighted by molar-refractivity contribution is 6.28. The third-order valence-electron chi connectivity index (χ3n) is 5.75. The summed E-state index contributed by atoms with van der Waals surface area (Å²) in [5, 5.41) is 2.89. The van der Waals surface area contributed by atoms with Crippen molar-refractivity contribution in [3.05, 3.63) is 94.5 Å². The van der Waals surface area contributed by atoms with E-state index in [2.05, 4.69) is 16.3 Å². The molecule has 0 aromatic heterocycles. The highest BCUT2D eigenvalue weighted by Gasteiger charge is 2.29. The summed E-state index contributed by atoms with van der Waals surface area (Å²) in [7, 11) is 0. The minimum Gasteiger partial charge on any atom is -0.362 e. The van der Waals surface area contributed by atoms with E-state index in [0.717, 1.165) is 25.1 Å². The zero-order chi connectivity index (χ0) is 20.7. The van der Waals surface area contributed by atoms with Gasteiger partial charge in [-0.3, -0.25) is 14.4 Å². The van der Waals surface area contributed by atoms with Crippen LogP contribution in [0.1, 0.15) is 43.8 Å². The highest BCUT2D eigenvalue weighted by Crippen LogP contribution is 2.29. The Bertz CT molecular complexity index is 1200. The van der Waals surface area contributed by atoms with E-state index in [1.165, 1.54) is 5.56 Å². The molecule has 0 saturated carbocycles. The van der Waals surface area contributed by atoms with E-state index in [1.54, 1.807) is 42.5 Å². The second-order valence-electron chi connectivity index (χ2n) is 7.67. The predicted octanol–water partition coefficient (Wildman–Crippen LogP) is 3.85. The molecule has 148 valence electrons. The fraction of sp³-hybridized carbons (Fsp3) is 0.160. The van der Waals surface area contributed by atoms with Crippen LogP contribution in [-0.4, -0.2) is 30.6 Å². The molecule has 5 nitrogen and oxygen atoms in total. The zero-order valence-electron chi connectivity index (χ0n) is 16.4. The van der Waals surface area contributed by atoms with Gasteiger partial charge in [0, 0.05) is 40.2 Å². The van der Waals surface area contributed by atoms with Gasteiger partial charge >= 0.3 is 0 Å². The average molecular weight is 396 g/mol. The molecule has 2 aliphatic rings. The molecule has 1 aliphatic carbocycles. The molecule has 3 aromatic carbocycles. The number of carbonyl (C=O) groups is 3. The summed E-state index contributed by atoms with van der Waals surface area (Å²) in [5.74, 6) is -0.508. The second-order valence-corrected chi connectivity index (χ2v) is 7.67. The monoisotopic (exact) mass is 396 g/mol. The first kappa shape index (κ1) is 18.3. The smallest absolute Gasteiger partial charge is 0.243 e. The predicted molar refractivity (Wildman–Crippen MR) is 115 cm³/mol. The maximum atomic E-state index is 12.9. The van der Waals surface area contributed by atoms with Gasteiger partial charge in [0.2, 0.25) is 5.91 Å². The van der Waals surface area contributed by atoms with Gasteiger partial charge in [-0.15, -0.1) is 0 Å². The molecule has 1 heterocycles. The van der Waals surface area contributed by atoms with Crippen LogP contribution < -0.4 is 10.2 Å². The normalized spacial score (nSPS) is 14.6. The molecular weight excluding hydrogens is 376 g/mol. The van der Waals surface area contributed by atoms with Crippen molar-refractivity contribution < 1.29 is 14.4 Å². The molecule has 0 saturated heterocycles. The molecule has 5 rings (SSSR count). The standard InChI is InChI=1S/C25H20N2O3/c28-23(15-27-13-5-7-16-6-1-4-10-22(16)27)26-17-11-12-20-21(14-17)25(30)19-9-3-2-8-18(19)24(20)29/h1-4,6,8-12,14H,5,7,13,15H2,(H,26,28). The van der Waals surface area contributed by atoms with Crippen molar-refractivity contribution >= 4 is 28.8 Å². The lowest BCUT2D eigenvalue weighted by Crippen LogP contribution is -2.36. The van der Waals surface area contributed by atoms with Gasteiger partial charge in [-0.25, -0.2) is 0 Å². The van der Waals surface area contributed by atoms with Crippen LogP contribution in [0.25, 0.3) is 0 Å². The van der Waals surface area contributed by atoms with Gasteiger partial charge in [-0.2, -0.15) is 0 Å². The van der Waals surface area contributed by atoms with Crippen LogP contribution in [-0.2, 0) is 11.2 Å². The van der Waals surface area contributed by atoms with Crippen molar-refractivity contribution in [2.75, 3.05) is 23.3 Å². The van der Waals surface area contributed by atoms with E-state index in [1.807, 2.05) is 18.2 Å². The van der Waals surface area contributed by atoms with Crippen molar-refractivity contribution in [2.45, 2.75) is 12.8 Å². The lowest BCUT2D eigenvalue weighted by atomic mass is 9.84. The number of rotatable bonds is 3. The number of nitrogens with one attached hydrogen (secondary N) is 1. The molecule has 5 heteroatoms. The molecule has 3 aromatic rings. The fourth-order valence-electron chi connectivity index (χ4n) is 4.33. The van der Waals surface area contributed by atoms with Gasteiger partial charge in [0.1, 0.15) is 0 Å². The van der Waals surface area contributed by atoms with Gasteiger partial charge in [-0.05, 0) is 42.7 Å². The molecule has 1 amide bonds. The summed E-state index contributed by atoms with van der Waals surface area (Å²) in [6, 6.07) is 19.9. The molecule has 30 heavy (non-hydrogen) atoms. The topological polar surface area (TPSA) is 66.5 Å². The number of benzene rings is 3. The number of carbonyl (C=O) groups excluding carboxylic acids is 3. The first-order valence-electron chi connectivity index (χ1n) is 10.1. The molecular formula is C25H20N2O3. The summed E-state index contributed by atoms with van der Waals surface area (Å²) in [6.07, 6.45) is 2.04. The van der Waals surface area contributed by atoms with Gasteiger partial charge < -0.3 is 10.2 Å². The van der Waals surface area contributed by atoms with Crippen molar-refractivity contribution in [3.63, 3.8) is 0 Å². The van der Waals surface area contributed by atoms with Crippen molar-refractivity contribution in [2.24, 2.45) is 0 Å². The SMILES string of the molecule is O=C(CN1CCCc2ccccc21)Nc1ccc2c(c1)C(=O)c1ccccc1C2=O. The van der Waals surface area contributed by atoms with Crippen LogP contribution in [0.2, 0.25) is 0 Å².